The number of aryl methyl sites for hydroxylation is 1. The Labute approximate surface area is 135 Å². The van der Waals surface area contributed by atoms with E-state index in [9.17, 15) is 9.90 Å². The van der Waals surface area contributed by atoms with Gasteiger partial charge in [0.1, 0.15) is 6.10 Å². The molecule has 0 aliphatic carbocycles. The molecule has 22 heavy (non-hydrogen) atoms. The Bertz CT molecular complexity index is 587. The second kappa shape index (κ2) is 8.51. The van der Waals surface area contributed by atoms with Gasteiger partial charge in [0.25, 0.3) is 0 Å². The van der Waals surface area contributed by atoms with Crippen LogP contribution in [0.2, 0.25) is 5.02 Å². The molecule has 1 amide bonds. The number of hydrogen-bond acceptors (Lipinski definition) is 3. The molecule has 2 rings (SSSR count). The first-order chi connectivity index (χ1) is 10.6. The molecule has 2 aromatic rings. The van der Waals surface area contributed by atoms with E-state index in [1.807, 2.05) is 24.3 Å². The summed E-state index contributed by atoms with van der Waals surface area (Å²) in [6.07, 6.45) is 2.85. The van der Waals surface area contributed by atoms with Gasteiger partial charge < -0.3 is 10.4 Å². The fourth-order valence-electron chi connectivity index (χ4n) is 2.08. The van der Waals surface area contributed by atoms with Crippen molar-refractivity contribution in [1.82, 2.24) is 10.3 Å². The number of aliphatic hydroxyl groups excluding tert-OH is 1. The number of rotatable bonds is 7. The summed E-state index contributed by atoms with van der Waals surface area (Å²) >= 11 is 5.82. The van der Waals surface area contributed by atoms with Crippen molar-refractivity contribution in [2.75, 3.05) is 6.54 Å². The molecule has 1 heterocycles. The Morgan fingerprint density at radius 1 is 1.23 bits per heavy atom. The molecule has 1 aromatic heterocycles. The molecule has 116 valence electrons. The van der Waals surface area contributed by atoms with Gasteiger partial charge in [-0.15, -0.1) is 0 Å². The molecule has 4 nitrogen and oxygen atoms in total. The molecule has 0 bridgehead atoms. The van der Waals surface area contributed by atoms with Crippen LogP contribution in [0.3, 0.4) is 0 Å². The molecule has 5 heteroatoms. The van der Waals surface area contributed by atoms with Crippen LogP contribution in [-0.2, 0) is 11.2 Å². The van der Waals surface area contributed by atoms with E-state index in [0.29, 0.717) is 17.1 Å². The predicted molar refractivity (Wildman–Crippen MR) is 86.6 cm³/mol. The van der Waals surface area contributed by atoms with Gasteiger partial charge >= 0.3 is 0 Å². The molecular formula is C17H19ClN2O2. The van der Waals surface area contributed by atoms with E-state index >= 15 is 0 Å². The number of hydrogen-bond donors (Lipinski definition) is 2. The average Bonchev–Trinajstić information content (AvgIpc) is 2.55. The van der Waals surface area contributed by atoms with Gasteiger partial charge in [-0.25, -0.2) is 0 Å². The zero-order valence-electron chi connectivity index (χ0n) is 12.2. The lowest BCUT2D eigenvalue weighted by Gasteiger charge is -2.11. The number of pyridine rings is 1. The van der Waals surface area contributed by atoms with Gasteiger partial charge in [0.15, 0.2) is 0 Å². The molecule has 0 saturated carbocycles. The minimum atomic E-state index is -0.776. The van der Waals surface area contributed by atoms with Gasteiger partial charge in [-0.3, -0.25) is 9.78 Å². The largest absolute Gasteiger partial charge is 0.385 e. The van der Waals surface area contributed by atoms with Crippen LogP contribution < -0.4 is 5.32 Å². The number of nitrogens with zero attached hydrogens (tertiary/aromatic N) is 1. The third-order valence-corrected chi connectivity index (χ3v) is 3.56. The van der Waals surface area contributed by atoms with Crippen LogP contribution in [0.1, 0.15) is 30.2 Å². The van der Waals surface area contributed by atoms with Gasteiger partial charge in [-0.05, 0) is 42.7 Å². The van der Waals surface area contributed by atoms with Crippen molar-refractivity contribution in [2.24, 2.45) is 0 Å². The average molecular weight is 319 g/mol. The van der Waals surface area contributed by atoms with Gasteiger partial charge in [0.05, 0.1) is 5.69 Å². The van der Waals surface area contributed by atoms with E-state index in [1.165, 1.54) is 0 Å². The number of amides is 1. The van der Waals surface area contributed by atoms with Gasteiger partial charge in [-0.2, -0.15) is 0 Å². The lowest BCUT2D eigenvalue weighted by atomic mass is 10.1. The molecule has 0 spiro atoms. The van der Waals surface area contributed by atoms with E-state index in [1.54, 1.807) is 24.4 Å². The van der Waals surface area contributed by atoms with E-state index in [4.69, 9.17) is 11.6 Å². The maximum atomic E-state index is 11.8. The highest BCUT2D eigenvalue weighted by Gasteiger charge is 2.10. The van der Waals surface area contributed by atoms with Crippen LogP contribution in [0.25, 0.3) is 0 Å². The first-order valence-electron chi connectivity index (χ1n) is 7.25. The summed E-state index contributed by atoms with van der Waals surface area (Å²) in [5.74, 6) is -0.0658. The lowest BCUT2D eigenvalue weighted by molar-refractivity contribution is -0.121. The highest BCUT2D eigenvalue weighted by Crippen LogP contribution is 2.12. The van der Waals surface area contributed by atoms with Crippen LogP contribution in [0, 0.1) is 0 Å². The molecule has 0 unspecified atom stereocenters. The van der Waals surface area contributed by atoms with Crippen LogP contribution in [0.4, 0.5) is 0 Å². The lowest BCUT2D eigenvalue weighted by Crippen LogP contribution is -2.28. The monoisotopic (exact) mass is 318 g/mol. The van der Waals surface area contributed by atoms with Crippen LogP contribution in [-0.4, -0.2) is 22.5 Å². The summed E-state index contributed by atoms with van der Waals surface area (Å²) in [6, 6.07) is 12.9. The smallest absolute Gasteiger partial charge is 0.220 e. The van der Waals surface area contributed by atoms with Gasteiger partial charge in [-0.1, -0.05) is 29.8 Å². The quantitative estimate of drug-likeness (QED) is 0.825. The number of carbonyl (C=O) groups is 1. The van der Waals surface area contributed by atoms with Crippen molar-refractivity contribution in [3.05, 3.63) is 64.9 Å². The number of aliphatic hydroxyl groups is 1. The van der Waals surface area contributed by atoms with Gasteiger partial charge in [0.2, 0.25) is 5.91 Å². The third kappa shape index (κ3) is 5.47. The Balaban J connectivity index is 1.66. The Morgan fingerprint density at radius 2 is 2.00 bits per heavy atom. The molecule has 0 saturated heterocycles. The minimum absolute atomic E-state index is 0.0658. The number of halogens is 1. The van der Waals surface area contributed by atoms with Crippen LogP contribution in [0.15, 0.2) is 48.7 Å². The second-order valence-corrected chi connectivity index (χ2v) is 5.49. The molecule has 0 aliphatic heterocycles. The van der Waals surface area contributed by atoms with Crippen molar-refractivity contribution in [2.45, 2.75) is 25.4 Å². The number of aromatic nitrogens is 1. The first kappa shape index (κ1) is 16.5. The number of benzene rings is 1. The summed E-state index contributed by atoms with van der Waals surface area (Å²) in [6.45, 7) is 0.177. The highest BCUT2D eigenvalue weighted by atomic mass is 35.5. The van der Waals surface area contributed by atoms with Crippen molar-refractivity contribution < 1.29 is 9.90 Å². The first-order valence-corrected chi connectivity index (χ1v) is 7.63. The van der Waals surface area contributed by atoms with E-state index in [0.717, 1.165) is 18.4 Å². The normalized spacial score (nSPS) is 11.9. The molecule has 1 aromatic carbocycles. The topological polar surface area (TPSA) is 62.2 Å². The summed E-state index contributed by atoms with van der Waals surface area (Å²) in [5.41, 5.74) is 1.72. The van der Waals surface area contributed by atoms with E-state index in [2.05, 4.69) is 10.3 Å². The minimum Gasteiger partial charge on any atom is -0.385 e. The fraction of sp³-hybridized carbons (Fsp3) is 0.294. The number of carbonyl (C=O) groups excluding carboxylic acids is 1. The van der Waals surface area contributed by atoms with Crippen molar-refractivity contribution in [3.63, 3.8) is 0 Å². The summed E-state index contributed by atoms with van der Waals surface area (Å²) in [7, 11) is 0. The second-order valence-electron chi connectivity index (χ2n) is 5.05. The van der Waals surface area contributed by atoms with E-state index in [-0.39, 0.29) is 12.5 Å². The van der Waals surface area contributed by atoms with Crippen LogP contribution >= 0.6 is 11.6 Å². The number of nitrogens with one attached hydrogen (secondary N) is 1. The van der Waals surface area contributed by atoms with E-state index < -0.39 is 6.10 Å². The van der Waals surface area contributed by atoms with Crippen molar-refractivity contribution >= 4 is 17.5 Å². The third-order valence-electron chi connectivity index (χ3n) is 3.30. The molecule has 1 atom stereocenters. The Morgan fingerprint density at radius 3 is 2.68 bits per heavy atom. The summed E-state index contributed by atoms with van der Waals surface area (Å²) < 4.78 is 0. The maximum Gasteiger partial charge on any atom is 0.220 e. The SMILES string of the molecule is O=C(CCCc1ccc(Cl)cc1)NC[C@H](O)c1ccccn1. The fourth-order valence-corrected chi connectivity index (χ4v) is 2.21. The Hall–Kier alpha value is -1.91. The summed E-state index contributed by atoms with van der Waals surface area (Å²) in [4.78, 5) is 15.8. The highest BCUT2D eigenvalue weighted by molar-refractivity contribution is 6.30. The molecule has 0 radical (unpaired) electrons. The van der Waals surface area contributed by atoms with Gasteiger partial charge in [0, 0.05) is 24.2 Å². The molecule has 2 N–H and O–H groups in total. The summed E-state index contributed by atoms with van der Waals surface area (Å²) in [5, 5.41) is 13.3. The molecular weight excluding hydrogens is 300 g/mol. The predicted octanol–water partition coefficient (Wildman–Crippen LogP) is 2.91. The molecule has 0 fully saturated rings. The van der Waals surface area contributed by atoms with Crippen molar-refractivity contribution in [1.29, 1.82) is 0 Å². The van der Waals surface area contributed by atoms with Crippen molar-refractivity contribution in [3.8, 4) is 0 Å². The zero-order chi connectivity index (χ0) is 15.8. The molecule has 0 aliphatic rings. The maximum absolute atomic E-state index is 11.8. The standard InChI is InChI=1S/C17H19ClN2O2/c18-14-9-7-13(8-10-14)4-3-6-17(22)20-12-16(21)15-5-1-2-11-19-15/h1-2,5,7-11,16,21H,3-4,6,12H2,(H,20,22)/t16-/m0/s1. The van der Waals surface area contributed by atoms with Crippen LogP contribution in [0.5, 0.6) is 0 Å². The Kier molecular flexibility index (Phi) is 6.37. The zero-order valence-corrected chi connectivity index (χ0v) is 13.0.